The zero-order valence-electron chi connectivity index (χ0n) is 14.4. The molecule has 1 fully saturated rings. The van der Waals surface area contributed by atoms with Crippen molar-refractivity contribution in [1.29, 1.82) is 0 Å². The molecule has 0 spiro atoms. The summed E-state index contributed by atoms with van der Waals surface area (Å²) in [4.78, 5) is 14.6. The molecule has 2 aromatic rings. The Balaban J connectivity index is 1.62. The monoisotopic (exact) mass is 327 g/mol. The predicted molar refractivity (Wildman–Crippen MR) is 92.8 cm³/mol. The van der Waals surface area contributed by atoms with Crippen LogP contribution in [0.3, 0.4) is 0 Å². The standard InChI is InChI=1S/C19H25N3O2/c1-3-17-18(14(2)21-24-17)16-10-7-13-22(16)19(23)20-12-11-15-8-5-4-6-9-15/h4-6,8-9,16H,3,7,10-13H2,1-2H3,(H,20,23)/t16-/m1/s1. The van der Waals surface area contributed by atoms with Gasteiger partial charge in [-0.25, -0.2) is 4.79 Å². The first kappa shape index (κ1) is 16.6. The van der Waals surface area contributed by atoms with E-state index < -0.39 is 0 Å². The number of amides is 2. The van der Waals surface area contributed by atoms with E-state index in [0.29, 0.717) is 6.54 Å². The summed E-state index contributed by atoms with van der Waals surface area (Å²) >= 11 is 0. The summed E-state index contributed by atoms with van der Waals surface area (Å²) in [6.07, 6.45) is 3.64. The van der Waals surface area contributed by atoms with Crippen LogP contribution in [0.15, 0.2) is 34.9 Å². The number of hydrogen-bond acceptors (Lipinski definition) is 3. The minimum Gasteiger partial charge on any atom is -0.361 e. The van der Waals surface area contributed by atoms with Crippen LogP contribution in [0.5, 0.6) is 0 Å². The van der Waals surface area contributed by atoms with E-state index in [1.165, 1.54) is 5.56 Å². The number of nitrogens with zero attached hydrogens (tertiary/aromatic N) is 2. The summed E-state index contributed by atoms with van der Waals surface area (Å²) in [7, 11) is 0. The smallest absolute Gasteiger partial charge is 0.317 e. The number of likely N-dealkylation sites (tertiary alicyclic amines) is 1. The van der Waals surface area contributed by atoms with Crippen LogP contribution in [-0.2, 0) is 12.8 Å². The highest BCUT2D eigenvalue weighted by molar-refractivity contribution is 5.75. The van der Waals surface area contributed by atoms with Crippen LogP contribution < -0.4 is 5.32 Å². The van der Waals surface area contributed by atoms with E-state index in [2.05, 4.69) is 29.5 Å². The first-order valence-electron chi connectivity index (χ1n) is 8.74. The lowest BCUT2D eigenvalue weighted by Gasteiger charge is -2.25. The Kier molecular flexibility index (Phi) is 5.18. The highest BCUT2D eigenvalue weighted by Gasteiger charge is 2.34. The van der Waals surface area contributed by atoms with E-state index in [4.69, 9.17) is 4.52 Å². The molecule has 2 heterocycles. The van der Waals surface area contributed by atoms with Crippen molar-refractivity contribution in [2.45, 2.75) is 45.6 Å². The van der Waals surface area contributed by atoms with E-state index >= 15 is 0 Å². The third-order valence-electron chi connectivity index (χ3n) is 4.68. The minimum absolute atomic E-state index is 0.0103. The van der Waals surface area contributed by atoms with Crippen molar-refractivity contribution in [3.63, 3.8) is 0 Å². The Morgan fingerprint density at radius 1 is 1.38 bits per heavy atom. The van der Waals surface area contributed by atoms with Crippen LogP contribution >= 0.6 is 0 Å². The van der Waals surface area contributed by atoms with Crippen molar-refractivity contribution in [3.8, 4) is 0 Å². The number of aryl methyl sites for hydroxylation is 2. The first-order valence-corrected chi connectivity index (χ1v) is 8.74. The second kappa shape index (κ2) is 7.51. The fraction of sp³-hybridized carbons (Fsp3) is 0.474. The maximum atomic E-state index is 12.6. The lowest BCUT2D eigenvalue weighted by atomic mass is 10.0. The lowest BCUT2D eigenvalue weighted by Crippen LogP contribution is -2.40. The number of urea groups is 1. The predicted octanol–water partition coefficient (Wildman–Crippen LogP) is 3.63. The largest absolute Gasteiger partial charge is 0.361 e. The summed E-state index contributed by atoms with van der Waals surface area (Å²) in [5.41, 5.74) is 3.24. The van der Waals surface area contributed by atoms with Gasteiger partial charge >= 0.3 is 6.03 Å². The molecule has 2 amide bonds. The third kappa shape index (κ3) is 3.45. The third-order valence-corrected chi connectivity index (χ3v) is 4.68. The molecule has 128 valence electrons. The van der Waals surface area contributed by atoms with Gasteiger partial charge in [-0.2, -0.15) is 0 Å². The number of carbonyl (C=O) groups is 1. The Bertz CT molecular complexity index is 681. The van der Waals surface area contributed by atoms with Crippen molar-refractivity contribution in [3.05, 3.63) is 52.9 Å². The van der Waals surface area contributed by atoms with Crippen LogP contribution in [0.2, 0.25) is 0 Å². The summed E-state index contributed by atoms with van der Waals surface area (Å²) in [6.45, 7) is 5.45. The second-order valence-corrected chi connectivity index (χ2v) is 6.28. The Labute approximate surface area is 143 Å². The van der Waals surface area contributed by atoms with Crippen LogP contribution in [0, 0.1) is 6.92 Å². The molecule has 3 rings (SSSR count). The van der Waals surface area contributed by atoms with Gasteiger partial charge in [0, 0.05) is 25.1 Å². The zero-order chi connectivity index (χ0) is 16.9. The number of benzene rings is 1. The average molecular weight is 327 g/mol. The van der Waals surface area contributed by atoms with Gasteiger partial charge in [-0.1, -0.05) is 42.4 Å². The quantitative estimate of drug-likeness (QED) is 0.912. The molecule has 1 aromatic heterocycles. The molecular weight excluding hydrogens is 302 g/mol. The van der Waals surface area contributed by atoms with Crippen LogP contribution in [0.1, 0.15) is 48.4 Å². The van der Waals surface area contributed by atoms with Crippen molar-refractivity contribution < 1.29 is 9.32 Å². The van der Waals surface area contributed by atoms with Gasteiger partial charge in [-0.3, -0.25) is 0 Å². The molecule has 5 nitrogen and oxygen atoms in total. The fourth-order valence-electron chi connectivity index (χ4n) is 3.48. The molecule has 0 saturated carbocycles. The normalized spacial score (nSPS) is 17.2. The summed E-state index contributed by atoms with van der Waals surface area (Å²) in [5, 5.41) is 7.15. The highest BCUT2D eigenvalue weighted by atomic mass is 16.5. The first-order chi connectivity index (χ1) is 11.7. The molecule has 0 radical (unpaired) electrons. The number of hydrogen-bond donors (Lipinski definition) is 1. The molecule has 0 aliphatic carbocycles. The molecule has 0 bridgehead atoms. The van der Waals surface area contributed by atoms with Crippen molar-refractivity contribution in [1.82, 2.24) is 15.4 Å². The van der Waals surface area contributed by atoms with E-state index in [-0.39, 0.29) is 12.1 Å². The molecule has 1 aliphatic heterocycles. The van der Waals surface area contributed by atoms with Gasteiger partial charge in [0.2, 0.25) is 0 Å². The SMILES string of the molecule is CCc1onc(C)c1[C@H]1CCCN1C(=O)NCCc1ccccc1. The molecule has 1 saturated heterocycles. The van der Waals surface area contributed by atoms with E-state index in [1.54, 1.807) is 0 Å². The second-order valence-electron chi connectivity index (χ2n) is 6.28. The van der Waals surface area contributed by atoms with Crippen LogP contribution in [0.4, 0.5) is 4.79 Å². The maximum Gasteiger partial charge on any atom is 0.317 e. The van der Waals surface area contributed by atoms with Crippen LogP contribution in [-0.4, -0.2) is 29.2 Å². The van der Waals surface area contributed by atoms with Gasteiger partial charge in [0.25, 0.3) is 0 Å². The summed E-state index contributed by atoms with van der Waals surface area (Å²) < 4.78 is 5.42. The molecule has 5 heteroatoms. The number of aromatic nitrogens is 1. The lowest BCUT2D eigenvalue weighted by molar-refractivity contribution is 0.192. The topological polar surface area (TPSA) is 58.4 Å². The van der Waals surface area contributed by atoms with Crippen molar-refractivity contribution in [2.75, 3.05) is 13.1 Å². The zero-order valence-corrected chi connectivity index (χ0v) is 14.4. The van der Waals surface area contributed by atoms with Crippen LogP contribution in [0.25, 0.3) is 0 Å². The summed E-state index contributed by atoms with van der Waals surface area (Å²) in [5.74, 6) is 0.904. The van der Waals surface area contributed by atoms with E-state index in [9.17, 15) is 4.79 Å². The number of nitrogens with one attached hydrogen (secondary N) is 1. The van der Waals surface area contributed by atoms with Crippen molar-refractivity contribution >= 4 is 6.03 Å². The maximum absolute atomic E-state index is 12.6. The van der Waals surface area contributed by atoms with E-state index in [1.807, 2.05) is 30.0 Å². The number of carbonyl (C=O) groups excluding carboxylic acids is 1. The highest BCUT2D eigenvalue weighted by Crippen LogP contribution is 2.35. The number of rotatable bonds is 5. The Morgan fingerprint density at radius 3 is 2.92 bits per heavy atom. The van der Waals surface area contributed by atoms with Gasteiger partial charge in [-0.05, 0) is 31.7 Å². The van der Waals surface area contributed by atoms with Gasteiger partial charge < -0.3 is 14.7 Å². The van der Waals surface area contributed by atoms with E-state index in [0.717, 1.165) is 49.2 Å². The molecule has 1 aromatic carbocycles. The van der Waals surface area contributed by atoms with Gasteiger partial charge in [-0.15, -0.1) is 0 Å². The summed E-state index contributed by atoms with van der Waals surface area (Å²) in [6, 6.07) is 10.3. The van der Waals surface area contributed by atoms with Gasteiger partial charge in [0.15, 0.2) is 0 Å². The molecule has 1 atom stereocenters. The molecule has 24 heavy (non-hydrogen) atoms. The average Bonchev–Trinajstić information content (AvgIpc) is 3.21. The Morgan fingerprint density at radius 2 is 2.17 bits per heavy atom. The van der Waals surface area contributed by atoms with Gasteiger partial charge in [0.05, 0.1) is 11.7 Å². The Hall–Kier alpha value is -2.30. The molecule has 0 unspecified atom stereocenters. The fourth-order valence-corrected chi connectivity index (χ4v) is 3.48. The molecule has 1 aliphatic rings. The van der Waals surface area contributed by atoms with Crippen molar-refractivity contribution in [2.24, 2.45) is 0 Å². The minimum atomic E-state index is 0.0103. The van der Waals surface area contributed by atoms with Gasteiger partial charge in [0.1, 0.15) is 5.76 Å². The molecular formula is C19H25N3O2. The molecule has 1 N–H and O–H groups in total.